The van der Waals surface area contributed by atoms with Gasteiger partial charge in [0.25, 0.3) is 0 Å². The minimum absolute atomic E-state index is 0.504. The van der Waals surface area contributed by atoms with E-state index in [2.05, 4.69) is 32.0 Å². The topological polar surface area (TPSA) is 29.5 Å². The van der Waals surface area contributed by atoms with Gasteiger partial charge in [-0.05, 0) is 35.4 Å². The van der Waals surface area contributed by atoms with Crippen LogP contribution in [0.4, 0.5) is 0 Å². The van der Waals surface area contributed by atoms with Crippen LogP contribution in [0, 0.1) is 0 Å². The second-order valence-corrected chi connectivity index (χ2v) is 6.01. The van der Waals surface area contributed by atoms with E-state index in [0.29, 0.717) is 5.92 Å². The zero-order valence-electron chi connectivity index (χ0n) is 12.7. The fourth-order valence-electron chi connectivity index (χ4n) is 2.87. The first-order valence-corrected chi connectivity index (χ1v) is 7.69. The molecule has 0 saturated carbocycles. The summed E-state index contributed by atoms with van der Waals surface area (Å²) in [5, 5.41) is 10.7. The number of aryl methyl sites for hydroxylation is 1. The van der Waals surface area contributed by atoms with Gasteiger partial charge in [0.1, 0.15) is 11.9 Å². The molecular formula is C19H22O2. The molecule has 1 N–H and O–H groups in total. The van der Waals surface area contributed by atoms with Crippen molar-refractivity contribution in [1.29, 1.82) is 0 Å². The summed E-state index contributed by atoms with van der Waals surface area (Å²) in [5.74, 6) is 1.38. The molecule has 1 atom stereocenters. The third-order valence-corrected chi connectivity index (χ3v) is 4.18. The van der Waals surface area contributed by atoms with E-state index in [1.165, 1.54) is 11.1 Å². The molecule has 1 aliphatic heterocycles. The number of rotatable bonds is 3. The fourth-order valence-corrected chi connectivity index (χ4v) is 2.87. The fraction of sp³-hybridized carbons (Fsp3) is 0.368. The number of benzene rings is 2. The molecule has 0 amide bonds. The van der Waals surface area contributed by atoms with Gasteiger partial charge in [0.05, 0.1) is 6.61 Å². The Morgan fingerprint density at radius 2 is 1.71 bits per heavy atom. The van der Waals surface area contributed by atoms with E-state index in [1.807, 2.05) is 24.3 Å². The average Bonchev–Trinajstić information content (AvgIpc) is 2.53. The van der Waals surface area contributed by atoms with E-state index in [1.54, 1.807) is 0 Å². The molecule has 2 aromatic carbocycles. The molecule has 0 bridgehead atoms. The maximum Gasteiger partial charge on any atom is 0.128 e. The van der Waals surface area contributed by atoms with Gasteiger partial charge in [0.15, 0.2) is 0 Å². The van der Waals surface area contributed by atoms with Crippen molar-refractivity contribution in [3.05, 3.63) is 64.7 Å². The summed E-state index contributed by atoms with van der Waals surface area (Å²) < 4.78 is 5.80. The van der Waals surface area contributed by atoms with Gasteiger partial charge in [-0.1, -0.05) is 56.3 Å². The second kappa shape index (κ2) is 5.90. The zero-order valence-corrected chi connectivity index (χ0v) is 12.7. The van der Waals surface area contributed by atoms with E-state index in [4.69, 9.17) is 4.74 Å². The lowest BCUT2D eigenvalue weighted by molar-refractivity contribution is 0.206. The average molecular weight is 282 g/mol. The lowest BCUT2D eigenvalue weighted by Gasteiger charge is -2.23. The smallest absolute Gasteiger partial charge is 0.128 e. The molecule has 2 aromatic rings. The summed E-state index contributed by atoms with van der Waals surface area (Å²) in [7, 11) is 0. The van der Waals surface area contributed by atoms with E-state index >= 15 is 0 Å². The second-order valence-electron chi connectivity index (χ2n) is 6.01. The Balaban J connectivity index is 1.93. The minimum Gasteiger partial charge on any atom is -0.493 e. The summed E-state index contributed by atoms with van der Waals surface area (Å²) in [6, 6.07) is 14.3. The zero-order chi connectivity index (χ0) is 14.8. The molecule has 0 radical (unpaired) electrons. The van der Waals surface area contributed by atoms with Crippen molar-refractivity contribution in [1.82, 2.24) is 0 Å². The highest BCUT2D eigenvalue weighted by Crippen LogP contribution is 2.35. The van der Waals surface area contributed by atoms with Crippen molar-refractivity contribution in [3.8, 4) is 5.75 Å². The maximum atomic E-state index is 10.7. The Morgan fingerprint density at radius 3 is 2.43 bits per heavy atom. The first-order valence-electron chi connectivity index (χ1n) is 7.69. The van der Waals surface area contributed by atoms with E-state index in [0.717, 1.165) is 36.3 Å². The van der Waals surface area contributed by atoms with Crippen LogP contribution in [0.2, 0.25) is 0 Å². The molecular weight excluding hydrogens is 260 g/mol. The Kier molecular flexibility index (Phi) is 3.98. The van der Waals surface area contributed by atoms with Crippen LogP contribution in [0.5, 0.6) is 5.75 Å². The molecule has 0 saturated heterocycles. The van der Waals surface area contributed by atoms with Crippen LogP contribution in [-0.4, -0.2) is 11.7 Å². The number of hydrogen-bond acceptors (Lipinski definition) is 2. The van der Waals surface area contributed by atoms with Gasteiger partial charge < -0.3 is 9.84 Å². The summed E-state index contributed by atoms with van der Waals surface area (Å²) in [4.78, 5) is 0. The molecule has 0 fully saturated rings. The Morgan fingerprint density at radius 1 is 1.00 bits per heavy atom. The molecule has 21 heavy (non-hydrogen) atoms. The first-order chi connectivity index (χ1) is 10.2. The lowest BCUT2D eigenvalue weighted by atomic mass is 9.94. The number of hydrogen-bond donors (Lipinski definition) is 1. The van der Waals surface area contributed by atoms with Crippen LogP contribution >= 0.6 is 0 Å². The van der Waals surface area contributed by atoms with Crippen LogP contribution in [0.1, 0.15) is 54.5 Å². The predicted molar refractivity (Wildman–Crippen MR) is 84.9 cm³/mol. The minimum atomic E-state index is -0.626. The summed E-state index contributed by atoms with van der Waals surface area (Å²) in [5.41, 5.74) is 4.29. The summed E-state index contributed by atoms with van der Waals surface area (Å²) in [6.45, 7) is 5.09. The maximum absolute atomic E-state index is 10.7. The highest BCUT2D eigenvalue weighted by Gasteiger charge is 2.20. The standard InChI is InChI=1S/C19H22O2/c1-13(2)14-8-10-15(11-9-14)18(20)17-7-3-5-16-6-4-12-21-19(16)17/h3,5,7-11,13,18,20H,4,6,12H2,1-2H3. The van der Waals surface area contributed by atoms with Crippen molar-refractivity contribution in [2.24, 2.45) is 0 Å². The number of ether oxygens (including phenoxy) is 1. The molecule has 1 heterocycles. The van der Waals surface area contributed by atoms with Crippen molar-refractivity contribution in [2.75, 3.05) is 6.61 Å². The van der Waals surface area contributed by atoms with Crippen LogP contribution in [0.3, 0.4) is 0 Å². The highest BCUT2D eigenvalue weighted by molar-refractivity contribution is 5.47. The number of aliphatic hydroxyl groups excluding tert-OH is 1. The third kappa shape index (κ3) is 2.81. The highest BCUT2D eigenvalue weighted by atomic mass is 16.5. The van der Waals surface area contributed by atoms with Gasteiger partial charge >= 0.3 is 0 Å². The Bertz CT molecular complexity index is 614. The van der Waals surface area contributed by atoms with Crippen LogP contribution < -0.4 is 4.74 Å². The molecule has 3 rings (SSSR count). The predicted octanol–water partition coefficient (Wildman–Crippen LogP) is 4.22. The van der Waals surface area contributed by atoms with Gasteiger partial charge in [-0.2, -0.15) is 0 Å². The number of fused-ring (bicyclic) bond motifs is 1. The van der Waals surface area contributed by atoms with Gasteiger partial charge in [0.2, 0.25) is 0 Å². The Hall–Kier alpha value is -1.80. The van der Waals surface area contributed by atoms with Crippen molar-refractivity contribution < 1.29 is 9.84 Å². The van der Waals surface area contributed by atoms with Gasteiger partial charge in [-0.3, -0.25) is 0 Å². The molecule has 0 aromatic heterocycles. The van der Waals surface area contributed by atoms with Crippen LogP contribution in [0.15, 0.2) is 42.5 Å². The first kappa shape index (κ1) is 14.2. The van der Waals surface area contributed by atoms with Crippen molar-refractivity contribution in [2.45, 2.75) is 38.7 Å². The van der Waals surface area contributed by atoms with Gasteiger partial charge in [0, 0.05) is 5.56 Å². The molecule has 2 heteroatoms. The van der Waals surface area contributed by atoms with Crippen molar-refractivity contribution in [3.63, 3.8) is 0 Å². The normalized spacial score (nSPS) is 15.4. The summed E-state index contributed by atoms with van der Waals surface area (Å²) >= 11 is 0. The third-order valence-electron chi connectivity index (χ3n) is 4.18. The monoisotopic (exact) mass is 282 g/mol. The molecule has 110 valence electrons. The Labute approximate surface area is 126 Å². The molecule has 0 aliphatic carbocycles. The van der Waals surface area contributed by atoms with E-state index in [9.17, 15) is 5.11 Å². The molecule has 1 unspecified atom stereocenters. The van der Waals surface area contributed by atoms with Crippen LogP contribution in [-0.2, 0) is 6.42 Å². The quantitative estimate of drug-likeness (QED) is 0.913. The molecule has 1 aliphatic rings. The summed E-state index contributed by atoms with van der Waals surface area (Å²) in [6.07, 6.45) is 1.46. The lowest BCUT2D eigenvalue weighted by Crippen LogP contribution is -2.12. The largest absolute Gasteiger partial charge is 0.493 e. The van der Waals surface area contributed by atoms with Gasteiger partial charge in [-0.25, -0.2) is 0 Å². The van der Waals surface area contributed by atoms with E-state index < -0.39 is 6.10 Å². The molecule has 0 spiro atoms. The van der Waals surface area contributed by atoms with Crippen molar-refractivity contribution >= 4 is 0 Å². The number of para-hydroxylation sites is 1. The van der Waals surface area contributed by atoms with Gasteiger partial charge in [-0.15, -0.1) is 0 Å². The SMILES string of the molecule is CC(C)c1ccc(C(O)c2cccc3c2OCCC3)cc1. The number of aliphatic hydroxyl groups is 1. The molecule has 2 nitrogen and oxygen atoms in total. The van der Waals surface area contributed by atoms with E-state index in [-0.39, 0.29) is 0 Å². The van der Waals surface area contributed by atoms with Crippen LogP contribution in [0.25, 0.3) is 0 Å².